The molecule has 0 aliphatic carbocycles. The molecule has 0 spiro atoms. The Hall–Kier alpha value is -1.85. The molecule has 2 aromatic carbocycles. The molecule has 1 saturated heterocycles. The molecule has 0 radical (unpaired) electrons. The maximum absolute atomic E-state index is 5.16. The first-order valence-corrected chi connectivity index (χ1v) is 9.71. The molecule has 128 valence electrons. The molecular formula is C20H21BrN4. The van der Waals surface area contributed by atoms with Crippen LogP contribution in [0.2, 0.25) is 0 Å². The Labute approximate surface area is 156 Å². The highest BCUT2D eigenvalue weighted by Crippen LogP contribution is 2.45. The monoisotopic (exact) mass is 396 g/mol. The van der Waals surface area contributed by atoms with Crippen molar-refractivity contribution in [2.24, 2.45) is 4.99 Å². The van der Waals surface area contributed by atoms with Crippen molar-refractivity contribution in [3.63, 3.8) is 0 Å². The summed E-state index contributed by atoms with van der Waals surface area (Å²) in [7, 11) is 2.19. The molecular weight excluding hydrogens is 376 g/mol. The summed E-state index contributed by atoms with van der Waals surface area (Å²) >= 11 is 3.72. The Balaban J connectivity index is 1.72. The van der Waals surface area contributed by atoms with Gasteiger partial charge in [0.1, 0.15) is 5.84 Å². The number of hydrogen-bond acceptors (Lipinski definition) is 4. The van der Waals surface area contributed by atoms with E-state index in [1.807, 2.05) is 0 Å². The fourth-order valence-corrected chi connectivity index (χ4v) is 4.65. The first-order valence-electron chi connectivity index (χ1n) is 8.92. The number of hydrogen-bond donors (Lipinski definition) is 0. The van der Waals surface area contributed by atoms with Gasteiger partial charge < -0.3 is 14.7 Å². The van der Waals surface area contributed by atoms with Gasteiger partial charge in [0.2, 0.25) is 0 Å². The molecule has 25 heavy (non-hydrogen) atoms. The standard InChI is InChI=1S/C20H21BrN4/c1-23-8-10-24(11-9-23)20-16-13-15(21)12-14-6-7-25(19(14)16)18-5-3-2-4-17(18)22-20/h2-5,12-13H,6-11H2,1H3. The molecule has 0 atom stereocenters. The number of benzene rings is 2. The smallest absolute Gasteiger partial charge is 0.138 e. The summed E-state index contributed by atoms with van der Waals surface area (Å²) in [6, 6.07) is 13.1. The van der Waals surface area contributed by atoms with Gasteiger partial charge in [-0.25, -0.2) is 4.99 Å². The van der Waals surface area contributed by atoms with Crippen LogP contribution in [0.1, 0.15) is 11.1 Å². The van der Waals surface area contributed by atoms with Crippen LogP contribution in [0.4, 0.5) is 17.1 Å². The molecule has 3 aliphatic heterocycles. The van der Waals surface area contributed by atoms with Crippen LogP contribution in [0.3, 0.4) is 0 Å². The average Bonchev–Trinajstić information content (AvgIpc) is 2.97. The van der Waals surface area contributed by atoms with E-state index in [-0.39, 0.29) is 0 Å². The van der Waals surface area contributed by atoms with E-state index in [1.54, 1.807) is 0 Å². The Morgan fingerprint density at radius 3 is 2.64 bits per heavy atom. The number of halogens is 1. The van der Waals surface area contributed by atoms with Gasteiger partial charge in [0.15, 0.2) is 0 Å². The third kappa shape index (κ3) is 2.49. The second-order valence-corrected chi connectivity index (χ2v) is 7.99. The zero-order chi connectivity index (χ0) is 17.0. The van der Waals surface area contributed by atoms with Crippen LogP contribution in [0.5, 0.6) is 0 Å². The second kappa shape index (κ2) is 5.85. The Morgan fingerprint density at radius 1 is 1.00 bits per heavy atom. The second-order valence-electron chi connectivity index (χ2n) is 7.08. The van der Waals surface area contributed by atoms with Crippen molar-refractivity contribution in [1.29, 1.82) is 0 Å². The fourth-order valence-electron chi connectivity index (χ4n) is 4.14. The van der Waals surface area contributed by atoms with Crippen LogP contribution in [-0.2, 0) is 6.42 Å². The first-order chi connectivity index (χ1) is 12.2. The number of piperazine rings is 1. The molecule has 5 rings (SSSR count). The summed E-state index contributed by atoms with van der Waals surface area (Å²) < 4.78 is 1.15. The minimum Gasteiger partial charge on any atom is -0.353 e. The van der Waals surface area contributed by atoms with Gasteiger partial charge in [0, 0.05) is 42.8 Å². The molecule has 3 aliphatic rings. The number of likely N-dealkylation sites (N-methyl/N-ethyl adjacent to an activating group) is 1. The molecule has 1 fully saturated rings. The highest BCUT2D eigenvalue weighted by Gasteiger charge is 2.32. The third-order valence-corrected chi connectivity index (χ3v) is 5.93. The normalized spacial score (nSPS) is 19.4. The minimum absolute atomic E-state index is 1.03. The summed E-state index contributed by atoms with van der Waals surface area (Å²) in [5, 5.41) is 0. The van der Waals surface area contributed by atoms with Gasteiger partial charge in [-0.2, -0.15) is 0 Å². The predicted octanol–water partition coefficient (Wildman–Crippen LogP) is 3.78. The fraction of sp³-hybridized carbons (Fsp3) is 0.350. The predicted molar refractivity (Wildman–Crippen MR) is 107 cm³/mol. The van der Waals surface area contributed by atoms with E-state index < -0.39 is 0 Å². The number of para-hydroxylation sites is 2. The number of fused-ring (bicyclic) bond motifs is 2. The van der Waals surface area contributed by atoms with Crippen molar-refractivity contribution < 1.29 is 0 Å². The van der Waals surface area contributed by atoms with Gasteiger partial charge in [-0.3, -0.25) is 0 Å². The quantitative estimate of drug-likeness (QED) is 0.676. The summed E-state index contributed by atoms with van der Waals surface area (Å²) in [6.07, 6.45) is 1.09. The number of anilines is 2. The van der Waals surface area contributed by atoms with Crippen molar-refractivity contribution in [3.8, 4) is 0 Å². The first kappa shape index (κ1) is 15.4. The highest BCUT2D eigenvalue weighted by atomic mass is 79.9. The van der Waals surface area contributed by atoms with Crippen molar-refractivity contribution in [1.82, 2.24) is 9.80 Å². The van der Waals surface area contributed by atoms with Gasteiger partial charge in [-0.05, 0) is 43.3 Å². The summed E-state index contributed by atoms with van der Waals surface area (Å²) in [6.45, 7) is 5.25. The van der Waals surface area contributed by atoms with Crippen molar-refractivity contribution in [3.05, 3.63) is 52.0 Å². The van der Waals surface area contributed by atoms with E-state index in [0.717, 1.165) is 55.1 Å². The van der Waals surface area contributed by atoms with Crippen LogP contribution in [0, 0.1) is 0 Å². The number of amidine groups is 1. The average molecular weight is 397 g/mol. The van der Waals surface area contributed by atoms with Crippen LogP contribution in [0.15, 0.2) is 45.9 Å². The van der Waals surface area contributed by atoms with Crippen molar-refractivity contribution >= 4 is 38.8 Å². The topological polar surface area (TPSA) is 22.1 Å². The lowest BCUT2D eigenvalue weighted by molar-refractivity contribution is 0.216. The number of nitrogens with zero attached hydrogens (tertiary/aromatic N) is 4. The molecule has 4 nitrogen and oxygen atoms in total. The van der Waals surface area contributed by atoms with Crippen LogP contribution >= 0.6 is 15.9 Å². The lowest BCUT2D eigenvalue weighted by Gasteiger charge is -2.35. The van der Waals surface area contributed by atoms with E-state index in [9.17, 15) is 0 Å². The lowest BCUT2D eigenvalue weighted by atomic mass is 10.1. The molecule has 3 heterocycles. The van der Waals surface area contributed by atoms with Gasteiger partial charge >= 0.3 is 0 Å². The van der Waals surface area contributed by atoms with Gasteiger partial charge in [-0.15, -0.1) is 0 Å². The SMILES string of the molecule is CN1CCN(C2=Nc3ccccc3N3CCc4cc(Br)cc2c43)CC1. The molecule has 0 bridgehead atoms. The zero-order valence-electron chi connectivity index (χ0n) is 14.4. The minimum atomic E-state index is 1.03. The van der Waals surface area contributed by atoms with E-state index in [2.05, 4.69) is 74.1 Å². The van der Waals surface area contributed by atoms with E-state index >= 15 is 0 Å². The maximum atomic E-state index is 5.16. The van der Waals surface area contributed by atoms with Crippen molar-refractivity contribution in [2.75, 3.05) is 44.7 Å². The number of aliphatic imine (C=N–C) groups is 1. The molecule has 0 saturated carbocycles. The van der Waals surface area contributed by atoms with Crippen molar-refractivity contribution in [2.45, 2.75) is 6.42 Å². The Bertz CT molecular complexity index is 868. The van der Waals surface area contributed by atoms with Crippen LogP contribution in [0.25, 0.3) is 0 Å². The molecule has 5 heteroatoms. The molecule has 2 aromatic rings. The number of rotatable bonds is 0. The molecule has 0 amide bonds. The summed E-state index contributed by atoms with van der Waals surface area (Å²) in [5.41, 5.74) is 6.35. The summed E-state index contributed by atoms with van der Waals surface area (Å²) in [4.78, 5) is 12.5. The largest absolute Gasteiger partial charge is 0.353 e. The van der Waals surface area contributed by atoms with E-state index in [1.165, 1.54) is 22.5 Å². The van der Waals surface area contributed by atoms with Gasteiger partial charge in [0.05, 0.1) is 17.1 Å². The molecule has 0 unspecified atom stereocenters. The Morgan fingerprint density at radius 2 is 1.80 bits per heavy atom. The maximum Gasteiger partial charge on any atom is 0.138 e. The third-order valence-electron chi connectivity index (χ3n) is 5.47. The van der Waals surface area contributed by atoms with Crippen LogP contribution < -0.4 is 4.90 Å². The highest BCUT2D eigenvalue weighted by molar-refractivity contribution is 9.10. The Kier molecular flexibility index (Phi) is 3.61. The lowest BCUT2D eigenvalue weighted by Crippen LogP contribution is -2.47. The van der Waals surface area contributed by atoms with E-state index in [4.69, 9.17) is 4.99 Å². The van der Waals surface area contributed by atoms with Crippen LogP contribution in [-0.4, -0.2) is 55.4 Å². The van der Waals surface area contributed by atoms with E-state index in [0.29, 0.717) is 0 Å². The zero-order valence-corrected chi connectivity index (χ0v) is 16.0. The summed E-state index contributed by atoms with van der Waals surface area (Å²) in [5.74, 6) is 1.13. The van der Waals surface area contributed by atoms with Gasteiger partial charge in [-0.1, -0.05) is 28.1 Å². The molecule has 0 N–H and O–H groups in total. The molecule has 0 aromatic heterocycles. The van der Waals surface area contributed by atoms with Gasteiger partial charge in [0.25, 0.3) is 0 Å².